The summed E-state index contributed by atoms with van der Waals surface area (Å²) in [6, 6.07) is 4.77. The van der Waals surface area contributed by atoms with Crippen molar-refractivity contribution in [2.75, 3.05) is 26.7 Å². The lowest BCUT2D eigenvalue weighted by atomic mass is 9.99. The van der Waals surface area contributed by atoms with E-state index in [2.05, 4.69) is 21.8 Å². The number of hydrogen-bond acceptors (Lipinski definition) is 7. The van der Waals surface area contributed by atoms with Crippen LogP contribution in [-0.4, -0.2) is 86.8 Å². The predicted molar refractivity (Wildman–Crippen MR) is 130 cm³/mol. The average Bonchev–Trinajstić information content (AvgIpc) is 2.84. The summed E-state index contributed by atoms with van der Waals surface area (Å²) in [6.07, 6.45) is 3.77. The second-order valence-corrected chi connectivity index (χ2v) is 8.95. The zero-order valence-electron chi connectivity index (χ0n) is 20.5. The third-order valence-corrected chi connectivity index (χ3v) is 5.93. The van der Waals surface area contributed by atoms with Gasteiger partial charge in [-0.3, -0.25) is 14.6 Å². The van der Waals surface area contributed by atoms with Crippen LogP contribution in [-0.2, 0) is 11.2 Å². The van der Waals surface area contributed by atoms with Crippen LogP contribution in [0.2, 0.25) is 0 Å². The molecule has 0 bridgehead atoms. The number of fused-ring (bicyclic) bond motifs is 1. The summed E-state index contributed by atoms with van der Waals surface area (Å²) >= 11 is 0. The van der Waals surface area contributed by atoms with Crippen molar-refractivity contribution in [1.29, 1.82) is 0 Å². The van der Waals surface area contributed by atoms with Crippen LogP contribution in [0, 0.1) is 17.8 Å². The Morgan fingerprint density at radius 1 is 1.34 bits per heavy atom. The predicted octanol–water partition coefficient (Wildman–Crippen LogP) is 1.13. The Labute approximate surface area is 205 Å². The third kappa shape index (κ3) is 6.78. The maximum Gasteiger partial charge on any atom is 0.259 e. The van der Waals surface area contributed by atoms with Gasteiger partial charge in [-0.15, -0.1) is 0 Å². The van der Waals surface area contributed by atoms with Crippen molar-refractivity contribution in [3.63, 3.8) is 0 Å². The van der Waals surface area contributed by atoms with E-state index in [0.29, 0.717) is 18.7 Å². The Morgan fingerprint density at radius 3 is 2.71 bits per heavy atom. The molecule has 0 saturated carbocycles. The maximum absolute atomic E-state index is 13.4. The zero-order chi connectivity index (χ0) is 25.5. The molecule has 2 N–H and O–H groups in total. The molecule has 9 nitrogen and oxygen atoms in total. The maximum atomic E-state index is 13.4. The van der Waals surface area contributed by atoms with Crippen molar-refractivity contribution in [3.8, 4) is 17.7 Å². The van der Waals surface area contributed by atoms with Crippen molar-refractivity contribution in [3.05, 3.63) is 53.5 Å². The van der Waals surface area contributed by atoms with Crippen LogP contribution in [0.25, 0.3) is 0 Å². The summed E-state index contributed by atoms with van der Waals surface area (Å²) in [4.78, 5) is 37.8. The second kappa shape index (κ2) is 11.8. The number of rotatable bonds is 6. The van der Waals surface area contributed by atoms with E-state index in [1.807, 2.05) is 6.92 Å². The van der Waals surface area contributed by atoms with Crippen LogP contribution >= 0.6 is 0 Å². The molecule has 4 atom stereocenters. The fraction of sp³-hybridized carbons (Fsp3) is 0.462. The zero-order valence-corrected chi connectivity index (χ0v) is 20.5. The van der Waals surface area contributed by atoms with Gasteiger partial charge in [0.2, 0.25) is 11.8 Å². The van der Waals surface area contributed by atoms with Crippen LogP contribution in [0.1, 0.15) is 42.3 Å². The minimum absolute atomic E-state index is 0.0670. The highest BCUT2D eigenvalue weighted by molar-refractivity contribution is 5.97. The number of ether oxygens (including phenoxy) is 1. The van der Waals surface area contributed by atoms with E-state index in [1.165, 1.54) is 6.20 Å². The Bertz CT molecular complexity index is 1100. The quantitative estimate of drug-likeness (QED) is 0.596. The molecule has 3 heterocycles. The molecule has 2 aromatic rings. The molecule has 186 valence electrons. The van der Waals surface area contributed by atoms with Crippen LogP contribution < -0.4 is 4.74 Å². The molecule has 35 heavy (non-hydrogen) atoms. The van der Waals surface area contributed by atoms with Crippen LogP contribution in [0.15, 0.2) is 36.8 Å². The van der Waals surface area contributed by atoms with E-state index in [1.54, 1.807) is 61.3 Å². The first-order chi connectivity index (χ1) is 16.7. The minimum atomic E-state index is -0.819. The highest BCUT2D eigenvalue weighted by atomic mass is 16.5. The summed E-state index contributed by atoms with van der Waals surface area (Å²) in [5.74, 6) is 5.07. The van der Waals surface area contributed by atoms with E-state index in [4.69, 9.17) is 4.74 Å². The summed E-state index contributed by atoms with van der Waals surface area (Å²) < 4.78 is 6.21. The normalized spacial score (nSPS) is 19.3. The Balaban J connectivity index is 1.89. The highest BCUT2D eigenvalue weighted by Gasteiger charge is 2.34. The molecule has 1 aliphatic rings. The lowest BCUT2D eigenvalue weighted by Gasteiger charge is -2.37. The summed E-state index contributed by atoms with van der Waals surface area (Å²) in [6.45, 7) is 5.70. The van der Waals surface area contributed by atoms with Crippen LogP contribution in [0.3, 0.4) is 0 Å². The first-order valence-corrected chi connectivity index (χ1v) is 11.6. The topological polar surface area (TPSA) is 116 Å². The molecule has 0 unspecified atom stereocenters. The third-order valence-electron chi connectivity index (χ3n) is 5.93. The number of aliphatic hydroxyl groups is 2. The molecule has 2 amide bonds. The van der Waals surface area contributed by atoms with Gasteiger partial charge in [-0.05, 0) is 37.6 Å². The average molecular weight is 481 g/mol. The van der Waals surface area contributed by atoms with Gasteiger partial charge in [0.25, 0.3) is 5.91 Å². The second-order valence-electron chi connectivity index (χ2n) is 8.95. The fourth-order valence-electron chi connectivity index (χ4n) is 3.76. The van der Waals surface area contributed by atoms with Crippen LogP contribution in [0.4, 0.5) is 0 Å². The molecule has 0 aliphatic carbocycles. The first-order valence-electron chi connectivity index (χ1n) is 11.6. The van der Waals surface area contributed by atoms with Gasteiger partial charge in [-0.25, -0.2) is 4.98 Å². The molecule has 9 heteroatoms. The molecule has 0 aromatic carbocycles. The number of carbonyl (C=O) groups is 2. The Hall–Kier alpha value is -3.48. The number of aliphatic hydroxyl groups excluding tert-OH is 2. The van der Waals surface area contributed by atoms with Crippen molar-refractivity contribution < 1.29 is 24.5 Å². The standard InChI is InChI=1S/C26H32N4O5/c1-17-14-30(18(2)16-31)26(34)22-11-21(6-5-19(3)32)13-28-25(22)35-23(17)15-29(4)24(33)12-20-7-9-27-10-8-20/h7-11,13,17-19,23,31-32H,12,14-16H2,1-4H3/t17-,18+,19-,23-/m0/s1. The SMILES string of the molecule is C[C@H](O)C#Cc1cnc2c(c1)C(=O)N([C@H](C)CO)C[C@H](C)[C@H](CN(C)C(=O)Cc1ccncc1)O2. The van der Waals surface area contributed by atoms with Crippen molar-refractivity contribution in [1.82, 2.24) is 19.8 Å². The van der Waals surface area contributed by atoms with E-state index in [9.17, 15) is 19.8 Å². The number of likely N-dealkylation sites (N-methyl/N-ethyl adjacent to an activating group) is 1. The van der Waals surface area contributed by atoms with E-state index in [0.717, 1.165) is 5.56 Å². The van der Waals surface area contributed by atoms with E-state index < -0.39 is 18.2 Å². The molecular weight excluding hydrogens is 448 g/mol. The Morgan fingerprint density at radius 2 is 2.06 bits per heavy atom. The lowest BCUT2D eigenvalue weighted by molar-refractivity contribution is -0.130. The minimum Gasteiger partial charge on any atom is -0.472 e. The van der Waals surface area contributed by atoms with Gasteiger partial charge in [0.1, 0.15) is 17.8 Å². The molecule has 0 saturated heterocycles. The van der Waals surface area contributed by atoms with Gasteiger partial charge in [-0.1, -0.05) is 18.8 Å². The molecule has 0 spiro atoms. The number of nitrogens with zero attached hydrogens (tertiary/aromatic N) is 4. The number of hydrogen-bond donors (Lipinski definition) is 2. The molecular formula is C26H32N4O5. The van der Waals surface area contributed by atoms with Crippen molar-refractivity contribution in [2.45, 2.75) is 45.4 Å². The molecule has 0 fully saturated rings. The number of carbonyl (C=O) groups excluding carboxylic acids is 2. The van der Waals surface area contributed by atoms with Crippen molar-refractivity contribution >= 4 is 11.8 Å². The smallest absolute Gasteiger partial charge is 0.259 e. The van der Waals surface area contributed by atoms with Gasteiger partial charge in [0, 0.05) is 43.7 Å². The highest BCUT2D eigenvalue weighted by Crippen LogP contribution is 2.27. The van der Waals surface area contributed by atoms with Gasteiger partial charge in [-0.2, -0.15) is 0 Å². The van der Waals surface area contributed by atoms with Crippen molar-refractivity contribution in [2.24, 2.45) is 5.92 Å². The number of amides is 2. The first kappa shape index (κ1) is 26.1. The van der Waals surface area contributed by atoms with Crippen LogP contribution in [0.5, 0.6) is 5.88 Å². The molecule has 2 aromatic heterocycles. The number of aromatic nitrogens is 2. The summed E-state index contributed by atoms with van der Waals surface area (Å²) in [5, 5.41) is 19.2. The largest absolute Gasteiger partial charge is 0.472 e. The molecule has 1 aliphatic heterocycles. The summed E-state index contributed by atoms with van der Waals surface area (Å²) in [5.41, 5.74) is 1.56. The van der Waals surface area contributed by atoms with E-state index in [-0.39, 0.29) is 42.2 Å². The van der Waals surface area contributed by atoms with Gasteiger partial charge < -0.3 is 24.7 Å². The van der Waals surface area contributed by atoms with Gasteiger partial charge in [0.05, 0.1) is 25.6 Å². The Kier molecular flexibility index (Phi) is 8.79. The van der Waals surface area contributed by atoms with E-state index >= 15 is 0 Å². The lowest BCUT2D eigenvalue weighted by Crippen LogP contribution is -2.50. The van der Waals surface area contributed by atoms with Gasteiger partial charge in [0.15, 0.2) is 0 Å². The molecule has 0 radical (unpaired) electrons. The molecule has 3 rings (SSSR count). The van der Waals surface area contributed by atoms with Gasteiger partial charge >= 0.3 is 0 Å². The summed E-state index contributed by atoms with van der Waals surface area (Å²) in [7, 11) is 1.72. The monoisotopic (exact) mass is 480 g/mol. The fourth-order valence-corrected chi connectivity index (χ4v) is 3.76. The number of pyridine rings is 2.